The van der Waals surface area contributed by atoms with Crippen LogP contribution in [0.5, 0.6) is 5.88 Å². The van der Waals surface area contributed by atoms with E-state index in [1.807, 2.05) is 6.07 Å². The van der Waals surface area contributed by atoms with Gasteiger partial charge in [0.05, 0.1) is 11.5 Å². The molecule has 1 aromatic carbocycles. The number of benzene rings is 1. The van der Waals surface area contributed by atoms with Crippen LogP contribution in [0.25, 0.3) is 0 Å². The maximum atomic E-state index is 12.9. The lowest BCUT2D eigenvalue weighted by atomic mass is 9.96. The highest BCUT2D eigenvalue weighted by molar-refractivity contribution is 7.89. The third-order valence-corrected chi connectivity index (χ3v) is 7.59. The molecule has 1 aromatic heterocycles. The number of hydrogen-bond acceptors (Lipinski definition) is 6. The van der Waals surface area contributed by atoms with Gasteiger partial charge in [-0.2, -0.15) is 4.31 Å². The van der Waals surface area contributed by atoms with Crippen LogP contribution in [-0.2, 0) is 21.3 Å². The van der Waals surface area contributed by atoms with Crippen molar-refractivity contribution in [2.75, 3.05) is 27.4 Å². The lowest BCUT2D eigenvalue weighted by molar-refractivity contribution is 0.0950. The molecule has 1 heterocycles. The summed E-state index contributed by atoms with van der Waals surface area (Å²) in [5.74, 6) is 0.210. The lowest BCUT2D eigenvalue weighted by Gasteiger charge is -2.30. The minimum absolute atomic E-state index is 0.0436. The Labute approximate surface area is 190 Å². The average molecular weight is 462 g/mol. The topological polar surface area (TPSA) is 97.8 Å². The number of pyridine rings is 1. The predicted octanol–water partition coefficient (Wildman–Crippen LogP) is 2.99. The summed E-state index contributed by atoms with van der Waals surface area (Å²) in [6.45, 7) is 1.20. The Morgan fingerprint density at radius 3 is 2.44 bits per heavy atom. The normalized spacial score (nSPS) is 15.0. The lowest BCUT2D eigenvalue weighted by Crippen LogP contribution is -2.38. The summed E-state index contributed by atoms with van der Waals surface area (Å²) in [4.78, 5) is 16.9. The molecule has 0 bridgehead atoms. The first-order valence-electron chi connectivity index (χ1n) is 10.8. The maximum absolute atomic E-state index is 12.9. The van der Waals surface area contributed by atoms with Gasteiger partial charge >= 0.3 is 0 Å². The largest absolute Gasteiger partial charge is 0.475 e. The molecule has 1 amide bonds. The van der Waals surface area contributed by atoms with E-state index in [9.17, 15) is 13.2 Å². The third-order valence-electron chi connectivity index (χ3n) is 5.67. The van der Waals surface area contributed by atoms with Gasteiger partial charge in [-0.25, -0.2) is 13.4 Å². The van der Waals surface area contributed by atoms with E-state index in [2.05, 4.69) is 10.3 Å². The van der Waals surface area contributed by atoms with Crippen molar-refractivity contribution in [3.05, 3.63) is 53.7 Å². The summed E-state index contributed by atoms with van der Waals surface area (Å²) in [6, 6.07) is 9.69. The molecule has 9 heteroatoms. The van der Waals surface area contributed by atoms with Crippen molar-refractivity contribution in [1.29, 1.82) is 0 Å². The number of sulfonamides is 1. The van der Waals surface area contributed by atoms with Crippen molar-refractivity contribution < 1.29 is 22.7 Å². The monoisotopic (exact) mass is 461 g/mol. The van der Waals surface area contributed by atoms with Crippen molar-refractivity contribution in [1.82, 2.24) is 14.6 Å². The molecular weight excluding hydrogens is 430 g/mol. The van der Waals surface area contributed by atoms with Crippen LogP contribution in [0.2, 0.25) is 0 Å². The Hall–Kier alpha value is -2.49. The Balaban J connectivity index is 1.55. The maximum Gasteiger partial charge on any atom is 0.251 e. The van der Waals surface area contributed by atoms with Crippen LogP contribution in [0.3, 0.4) is 0 Å². The van der Waals surface area contributed by atoms with Gasteiger partial charge in [-0.15, -0.1) is 0 Å². The first-order chi connectivity index (χ1) is 15.4. The van der Waals surface area contributed by atoms with E-state index in [0.717, 1.165) is 37.7 Å². The van der Waals surface area contributed by atoms with Crippen molar-refractivity contribution >= 4 is 15.9 Å². The molecule has 1 saturated carbocycles. The summed E-state index contributed by atoms with van der Waals surface area (Å²) in [5, 5.41) is 2.82. The van der Waals surface area contributed by atoms with Crippen molar-refractivity contribution in [3.8, 4) is 5.88 Å². The number of methoxy groups -OCH3 is 1. The fraction of sp³-hybridized carbons (Fsp3) is 0.478. The molecule has 1 aliphatic rings. The molecule has 2 aromatic rings. The van der Waals surface area contributed by atoms with Gasteiger partial charge in [0.25, 0.3) is 5.91 Å². The zero-order valence-corrected chi connectivity index (χ0v) is 19.4. The SMILES string of the molecule is COCCOc1ccc(CNC(=O)c2ccc(S(=O)(=O)N(C)C3CCCCC3)cc2)cn1. The van der Waals surface area contributed by atoms with Crippen LogP contribution >= 0.6 is 0 Å². The average Bonchev–Trinajstić information content (AvgIpc) is 2.83. The van der Waals surface area contributed by atoms with E-state index >= 15 is 0 Å². The van der Waals surface area contributed by atoms with Crippen LogP contribution in [0.4, 0.5) is 0 Å². The summed E-state index contributed by atoms with van der Waals surface area (Å²) >= 11 is 0. The molecule has 0 radical (unpaired) electrons. The number of carbonyl (C=O) groups excluding carboxylic acids is 1. The van der Waals surface area contributed by atoms with E-state index in [4.69, 9.17) is 9.47 Å². The van der Waals surface area contributed by atoms with Gasteiger partial charge in [-0.05, 0) is 42.7 Å². The Morgan fingerprint density at radius 2 is 1.81 bits per heavy atom. The predicted molar refractivity (Wildman–Crippen MR) is 121 cm³/mol. The smallest absolute Gasteiger partial charge is 0.251 e. The van der Waals surface area contributed by atoms with Gasteiger partial charge in [0.15, 0.2) is 0 Å². The van der Waals surface area contributed by atoms with Gasteiger partial charge in [-0.1, -0.05) is 25.3 Å². The molecule has 174 valence electrons. The second-order valence-electron chi connectivity index (χ2n) is 7.87. The van der Waals surface area contributed by atoms with Gasteiger partial charge < -0.3 is 14.8 Å². The summed E-state index contributed by atoms with van der Waals surface area (Å²) in [6.07, 6.45) is 6.71. The van der Waals surface area contributed by atoms with Crippen LogP contribution in [0.1, 0.15) is 48.0 Å². The summed E-state index contributed by atoms with van der Waals surface area (Å²) in [7, 11) is -0.326. The molecule has 32 heavy (non-hydrogen) atoms. The van der Waals surface area contributed by atoms with Crippen LogP contribution in [0, 0.1) is 0 Å². The second-order valence-corrected chi connectivity index (χ2v) is 9.86. The van der Waals surface area contributed by atoms with E-state index in [-0.39, 0.29) is 16.8 Å². The molecule has 0 atom stereocenters. The number of carbonyl (C=O) groups is 1. The fourth-order valence-electron chi connectivity index (χ4n) is 3.70. The van der Waals surface area contributed by atoms with Crippen LogP contribution in [-0.4, -0.2) is 57.0 Å². The minimum Gasteiger partial charge on any atom is -0.475 e. The highest BCUT2D eigenvalue weighted by Gasteiger charge is 2.29. The Morgan fingerprint density at radius 1 is 1.09 bits per heavy atom. The third kappa shape index (κ3) is 6.27. The molecule has 0 unspecified atom stereocenters. The van der Waals surface area contributed by atoms with Crippen LogP contribution in [0.15, 0.2) is 47.5 Å². The highest BCUT2D eigenvalue weighted by Crippen LogP contribution is 2.26. The number of aromatic nitrogens is 1. The van der Waals surface area contributed by atoms with Gasteiger partial charge in [0.1, 0.15) is 6.61 Å². The van der Waals surface area contributed by atoms with E-state index < -0.39 is 10.0 Å². The number of nitrogens with zero attached hydrogens (tertiary/aromatic N) is 2. The molecule has 3 rings (SSSR count). The number of amides is 1. The molecular formula is C23H31N3O5S. The van der Waals surface area contributed by atoms with Gasteiger partial charge in [0, 0.05) is 44.6 Å². The number of ether oxygens (including phenoxy) is 2. The fourth-order valence-corrected chi connectivity index (χ4v) is 5.12. The van der Waals surface area contributed by atoms with Gasteiger partial charge in [-0.3, -0.25) is 4.79 Å². The Kier molecular flexibility index (Phi) is 8.60. The summed E-state index contributed by atoms with van der Waals surface area (Å²) in [5.41, 5.74) is 1.22. The number of nitrogens with one attached hydrogen (secondary N) is 1. The number of rotatable bonds is 10. The van der Waals surface area contributed by atoms with E-state index in [1.165, 1.54) is 16.4 Å². The summed E-state index contributed by atoms with van der Waals surface area (Å²) < 4.78 is 37.7. The zero-order chi connectivity index (χ0) is 23.0. The zero-order valence-electron chi connectivity index (χ0n) is 18.6. The van der Waals surface area contributed by atoms with Crippen LogP contribution < -0.4 is 10.1 Å². The quantitative estimate of drug-likeness (QED) is 0.546. The standard InChI is InChI=1S/C23H31N3O5S/c1-26(20-6-4-3-5-7-20)32(28,29)21-11-9-19(10-12-21)23(27)25-17-18-8-13-22(24-16-18)31-15-14-30-2/h8-13,16,20H,3-7,14-15,17H2,1-2H3,(H,25,27). The first-order valence-corrected chi connectivity index (χ1v) is 12.3. The van der Waals surface area contributed by atoms with E-state index in [1.54, 1.807) is 38.6 Å². The second kappa shape index (κ2) is 11.4. The van der Waals surface area contributed by atoms with Gasteiger partial charge in [0.2, 0.25) is 15.9 Å². The molecule has 1 N–H and O–H groups in total. The first kappa shape index (κ1) is 24.2. The van der Waals surface area contributed by atoms with Crippen molar-refractivity contribution in [2.24, 2.45) is 0 Å². The Bertz CT molecular complexity index is 972. The minimum atomic E-state index is -3.58. The molecule has 1 aliphatic carbocycles. The molecule has 1 fully saturated rings. The van der Waals surface area contributed by atoms with E-state index in [0.29, 0.717) is 31.2 Å². The number of hydrogen-bond donors (Lipinski definition) is 1. The highest BCUT2D eigenvalue weighted by atomic mass is 32.2. The molecule has 0 spiro atoms. The molecule has 0 aliphatic heterocycles. The molecule has 8 nitrogen and oxygen atoms in total. The van der Waals surface area contributed by atoms with Crippen molar-refractivity contribution in [3.63, 3.8) is 0 Å². The van der Waals surface area contributed by atoms with Crippen molar-refractivity contribution in [2.45, 2.75) is 49.6 Å². The molecule has 0 saturated heterocycles.